The van der Waals surface area contributed by atoms with Gasteiger partial charge in [0, 0.05) is 30.5 Å². The van der Waals surface area contributed by atoms with Crippen molar-refractivity contribution in [2.24, 2.45) is 50.2 Å². The molecule has 200 valence electrons. The number of aliphatic hydroxyl groups is 3. The Labute approximate surface area is 213 Å². The normalized spacial score (nSPS) is 55.1. The van der Waals surface area contributed by atoms with E-state index in [9.17, 15) is 15.3 Å². The third-order valence-electron chi connectivity index (χ3n) is 13.5. The van der Waals surface area contributed by atoms with Crippen LogP contribution in [0.4, 0.5) is 0 Å². The van der Waals surface area contributed by atoms with Crippen LogP contribution in [0.5, 0.6) is 0 Å². The number of allylic oxidation sites excluding steroid dienone is 1. The predicted octanol–water partition coefficient (Wildman–Crippen LogP) is 5.74. The van der Waals surface area contributed by atoms with Crippen LogP contribution in [0, 0.1) is 50.2 Å². The molecule has 0 saturated heterocycles. The van der Waals surface area contributed by atoms with Crippen LogP contribution >= 0.6 is 0 Å². The van der Waals surface area contributed by atoms with Crippen molar-refractivity contribution in [1.82, 2.24) is 0 Å². The molecule has 5 aliphatic carbocycles. The largest absolute Gasteiger partial charge is 0.396 e. The van der Waals surface area contributed by atoms with Gasteiger partial charge >= 0.3 is 0 Å². The molecular weight excluding hydrogens is 436 g/mol. The van der Waals surface area contributed by atoms with E-state index in [0.717, 1.165) is 51.4 Å². The van der Waals surface area contributed by atoms with Gasteiger partial charge in [0.2, 0.25) is 0 Å². The first-order chi connectivity index (χ1) is 16.3. The molecule has 10 atom stereocenters. The van der Waals surface area contributed by atoms with Crippen LogP contribution in [0.25, 0.3) is 0 Å². The molecule has 0 amide bonds. The summed E-state index contributed by atoms with van der Waals surface area (Å²) in [5, 5.41) is 32.3. The molecule has 0 aromatic rings. The summed E-state index contributed by atoms with van der Waals surface area (Å²) < 4.78 is 6.40. The van der Waals surface area contributed by atoms with Gasteiger partial charge in [-0.15, -0.1) is 0 Å². The number of ether oxygens (including phenoxy) is 1. The Morgan fingerprint density at radius 3 is 2.20 bits per heavy atom. The molecule has 0 heterocycles. The minimum Gasteiger partial charge on any atom is -0.396 e. The van der Waals surface area contributed by atoms with E-state index in [1.54, 1.807) is 5.57 Å². The zero-order valence-electron chi connectivity index (χ0n) is 23.5. The monoisotopic (exact) mass is 488 g/mol. The molecule has 0 aromatic heterocycles. The van der Waals surface area contributed by atoms with Crippen LogP contribution in [0.1, 0.15) is 99.3 Å². The van der Waals surface area contributed by atoms with E-state index < -0.39 is 11.5 Å². The molecule has 4 heteroatoms. The van der Waals surface area contributed by atoms with Crippen LogP contribution in [0.3, 0.4) is 0 Å². The van der Waals surface area contributed by atoms with E-state index in [2.05, 4.69) is 47.6 Å². The van der Waals surface area contributed by atoms with Crippen LogP contribution in [0.2, 0.25) is 0 Å². The zero-order chi connectivity index (χ0) is 25.7. The van der Waals surface area contributed by atoms with Gasteiger partial charge in [0.1, 0.15) is 0 Å². The van der Waals surface area contributed by atoms with Gasteiger partial charge in [-0.2, -0.15) is 0 Å². The molecular formula is C31H52O4. The molecule has 35 heavy (non-hydrogen) atoms. The standard InChI is InChI=1S/C31H52O4/c1-26(2)12-14-31(19-33)15-13-29(5)20(21(31)17-26)16-22(35-7)25-27(3)10-9-24(34)28(4,18-32)23(27)8-11-30(25,29)6/h16,21-25,32-34H,8-15,17-19H2,1-7H3/t21-,22+,23+,24-,25+,27-,28-,29+,30+,31+/m0/s1. The van der Waals surface area contributed by atoms with E-state index in [1.165, 1.54) is 6.42 Å². The van der Waals surface area contributed by atoms with Crippen molar-refractivity contribution in [3.63, 3.8) is 0 Å². The first-order valence-corrected chi connectivity index (χ1v) is 14.4. The quantitative estimate of drug-likeness (QED) is 0.443. The van der Waals surface area contributed by atoms with E-state index in [0.29, 0.717) is 23.9 Å². The van der Waals surface area contributed by atoms with Gasteiger partial charge in [-0.1, -0.05) is 53.2 Å². The lowest BCUT2D eigenvalue weighted by Crippen LogP contribution is -2.68. The summed E-state index contributed by atoms with van der Waals surface area (Å²) in [5.74, 6) is 1.06. The third kappa shape index (κ3) is 3.25. The Bertz CT molecular complexity index is 881. The first kappa shape index (κ1) is 26.2. The molecule has 4 saturated carbocycles. The molecule has 3 N–H and O–H groups in total. The fourth-order valence-corrected chi connectivity index (χ4v) is 10.9. The van der Waals surface area contributed by atoms with Crippen molar-refractivity contribution >= 4 is 0 Å². The van der Waals surface area contributed by atoms with E-state index >= 15 is 0 Å². The van der Waals surface area contributed by atoms with Crippen LogP contribution < -0.4 is 0 Å². The van der Waals surface area contributed by atoms with Gasteiger partial charge in [-0.3, -0.25) is 0 Å². The van der Waals surface area contributed by atoms with Crippen LogP contribution in [0.15, 0.2) is 11.6 Å². The molecule has 5 aliphatic rings. The highest BCUT2D eigenvalue weighted by Crippen LogP contribution is 2.75. The summed E-state index contributed by atoms with van der Waals surface area (Å²) >= 11 is 0. The lowest BCUT2D eigenvalue weighted by Gasteiger charge is -2.72. The summed E-state index contributed by atoms with van der Waals surface area (Å²) in [4.78, 5) is 0. The van der Waals surface area contributed by atoms with Gasteiger partial charge in [-0.25, -0.2) is 0 Å². The van der Waals surface area contributed by atoms with E-state index in [1.807, 2.05) is 7.11 Å². The van der Waals surface area contributed by atoms with Crippen LogP contribution in [-0.4, -0.2) is 47.9 Å². The first-order valence-electron chi connectivity index (χ1n) is 14.4. The van der Waals surface area contributed by atoms with Gasteiger partial charge in [-0.05, 0) is 91.3 Å². The smallest absolute Gasteiger partial charge is 0.0793 e. The Morgan fingerprint density at radius 1 is 0.886 bits per heavy atom. The average Bonchev–Trinajstić information content (AvgIpc) is 2.81. The summed E-state index contributed by atoms with van der Waals surface area (Å²) in [7, 11) is 1.88. The van der Waals surface area contributed by atoms with Crippen molar-refractivity contribution in [3.05, 3.63) is 11.6 Å². The molecule has 0 bridgehead atoms. The van der Waals surface area contributed by atoms with Gasteiger partial charge in [0.25, 0.3) is 0 Å². The minimum absolute atomic E-state index is 0.00672. The highest BCUT2D eigenvalue weighted by atomic mass is 16.5. The molecule has 5 rings (SSSR count). The van der Waals surface area contributed by atoms with E-state index in [4.69, 9.17) is 4.74 Å². The summed E-state index contributed by atoms with van der Waals surface area (Å²) in [6, 6.07) is 0. The second-order valence-corrected chi connectivity index (χ2v) is 15.3. The number of aliphatic hydroxyl groups excluding tert-OH is 3. The van der Waals surface area contributed by atoms with Crippen molar-refractivity contribution in [1.29, 1.82) is 0 Å². The number of hydrogen-bond acceptors (Lipinski definition) is 4. The minimum atomic E-state index is -0.455. The molecule has 0 aromatic carbocycles. The number of rotatable bonds is 3. The Kier molecular flexibility index (Phi) is 6.02. The summed E-state index contributed by atoms with van der Waals surface area (Å²) in [6.45, 7) is 14.9. The van der Waals surface area contributed by atoms with Crippen molar-refractivity contribution in [2.45, 2.75) is 112 Å². The zero-order valence-corrected chi connectivity index (χ0v) is 23.5. The van der Waals surface area contributed by atoms with Crippen molar-refractivity contribution in [3.8, 4) is 0 Å². The molecule has 0 unspecified atom stereocenters. The summed E-state index contributed by atoms with van der Waals surface area (Å²) in [5.41, 5.74) is 1.63. The second-order valence-electron chi connectivity index (χ2n) is 15.3. The summed E-state index contributed by atoms with van der Waals surface area (Å²) in [6.07, 6.45) is 11.8. The highest BCUT2D eigenvalue weighted by molar-refractivity contribution is 5.36. The van der Waals surface area contributed by atoms with Crippen molar-refractivity contribution < 1.29 is 20.1 Å². The fraction of sp³-hybridized carbons (Fsp3) is 0.935. The number of fused-ring (bicyclic) bond motifs is 7. The molecule has 4 fully saturated rings. The Balaban J connectivity index is 1.65. The maximum Gasteiger partial charge on any atom is 0.0793 e. The highest BCUT2D eigenvalue weighted by Gasteiger charge is 2.70. The van der Waals surface area contributed by atoms with E-state index in [-0.39, 0.29) is 40.3 Å². The number of methoxy groups -OCH3 is 1. The van der Waals surface area contributed by atoms with Crippen molar-refractivity contribution in [2.75, 3.05) is 20.3 Å². The lowest BCUT2D eigenvalue weighted by atomic mass is 9.33. The van der Waals surface area contributed by atoms with Gasteiger partial charge in [0.15, 0.2) is 0 Å². The average molecular weight is 489 g/mol. The molecule has 4 nitrogen and oxygen atoms in total. The second kappa shape index (κ2) is 8.04. The Hall–Kier alpha value is -0.420. The Morgan fingerprint density at radius 2 is 1.57 bits per heavy atom. The number of hydrogen-bond donors (Lipinski definition) is 3. The predicted molar refractivity (Wildman–Crippen MR) is 140 cm³/mol. The molecule has 0 spiro atoms. The fourth-order valence-electron chi connectivity index (χ4n) is 10.9. The molecule has 0 radical (unpaired) electrons. The maximum atomic E-state index is 11.0. The maximum absolute atomic E-state index is 11.0. The van der Waals surface area contributed by atoms with Gasteiger partial charge in [0.05, 0.1) is 18.8 Å². The topological polar surface area (TPSA) is 69.9 Å². The van der Waals surface area contributed by atoms with Gasteiger partial charge < -0.3 is 20.1 Å². The van der Waals surface area contributed by atoms with Crippen LogP contribution in [-0.2, 0) is 4.74 Å². The molecule has 0 aliphatic heterocycles. The lowest BCUT2D eigenvalue weighted by molar-refractivity contribution is -0.238. The SMILES string of the molecule is CO[C@@H]1C=C2[C@@H]3CC(C)(C)CC[C@]3(CO)CC[C@@]2(C)[C@]2(C)CC[C@@H]3[C@](C)(CC[C@H](O)[C@@]3(C)CO)[C@@H]12. The third-order valence-corrected chi connectivity index (χ3v) is 13.5.